The van der Waals surface area contributed by atoms with Crippen molar-refractivity contribution in [1.29, 1.82) is 0 Å². The Bertz CT molecular complexity index is 205. The molecule has 0 aliphatic heterocycles. The van der Waals surface area contributed by atoms with Gasteiger partial charge in [0.25, 0.3) is 0 Å². The first-order chi connectivity index (χ1) is 5.36. The molecule has 0 saturated carbocycles. The molecule has 60 valence electrons. The summed E-state index contributed by atoms with van der Waals surface area (Å²) in [6, 6.07) is 8.17. The highest BCUT2D eigenvalue weighted by Gasteiger charge is 1.89. The van der Waals surface area contributed by atoms with Gasteiger partial charge in [0.1, 0.15) is 0 Å². The maximum atomic E-state index is 4.75. The van der Waals surface area contributed by atoms with Crippen molar-refractivity contribution in [1.82, 2.24) is 0 Å². The van der Waals surface area contributed by atoms with Crippen molar-refractivity contribution in [2.75, 3.05) is 12.6 Å². The zero-order chi connectivity index (χ0) is 8.10. The van der Waals surface area contributed by atoms with E-state index in [4.69, 9.17) is 4.84 Å². The number of benzene rings is 1. The van der Waals surface area contributed by atoms with Crippen molar-refractivity contribution in [3.63, 3.8) is 0 Å². The third-order valence-corrected chi connectivity index (χ3v) is 1.58. The van der Waals surface area contributed by atoms with E-state index in [-0.39, 0.29) is 0 Å². The highest BCUT2D eigenvalue weighted by molar-refractivity contribution is 5.42. The van der Waals surface area contributed by atoms with E-state index in [2.05, 4.69) is 24.5 Å². The minimum Gasteiger partial charge on any atom is -0.279 e. The molecule has 11 heavy (non-hydrogen) atoms. The van der Waals surface area contributed by atoms with E-state index in [1.54, 1.807) is 7.11 Å². The maximum absolute atomic E-state index is 4.75. The van der Waals surface area contributed by atoms with Crippen molar-refractivity contribution in [3.8, 4) is 0 Å². The molecule has 1 aromatic rings. The van der Waals surface area contributed by atoms with Gasteiger partial charge in [-0.2, -0.15) is 0 Å². The lowest BCUT2D eigenvalue weighted by Crippen LogP contribution is -1.94. The van der Waals surface area contributed by atoms with E-state index in [1.807, 2.05) is 12.1 Å². The van der Waals surface area contributed by atoms with Crippen molar-refractivity contribution >= 4 is 5.69 Å². The number of anilines is 1. The van der Waals surface area contributed by atoms with Crippen LogP contribution in [-0.2, 0) is 11.3 Å². The second-order valence-electron chi connectivity index (χ2n) is 2.36. The molecule has 2 heteroatoms. The van der Waals surface area contributed by atoms with Gasteiger partial charge in [-0.05, 0) is 24.1 Å². The van der Waals surface area contributed by atoms with Gasteiger partial charge in [-0.15, -0.1) is 0 Å². The maximum Gasteiger partial charge on any atom is 0.0636 e. The van der Waals surface area contributed by atoms with Crippen LogP contribution in [0.4, 0.5) is 5.69 Å². The first-order valence-corrected chi connectivity index (χ1v) is 3.74. The van der Waals surface area contributed by atoms with Gasteiger partial charge in [0.15, 0.2) is 0 Å². The molecule has 2 nitrogen and oxygen atoms in total. The van der Waals surface area contributed by atoms with Gasteiger partial charge in [0.05, 0.1) is 12.8 Å². The van der Waals surface area contributed by atoms with E-state index in [1.165, 1.54) is 5.56 Å². The molecule has 1 rings (SSSR count). The summed E-state index contributed by atoms with van der Waals surface area (Å²) in [4.78, 5) is 4.75. The third kappa shape index (κ3) is 2.24. The van der Waals surface area contributed by atoms with Crippen molar-refractivity contribution in [2.45, 2.75) is 13.3 Å². The lowest BCUT2D eigenvalue weighted by atomic mass is 10.2. The minimum absolute atomic E-state index is 0.990. The largest absolute Gasteiger partial charge is 0.279 e. The first kappa shape index (κ1) is 8.08. The van der Waals surface area contributed by atoms with Gasteiger partial charge in [-0.1, -0.05) is 19.1 Å². The summed E-state index contributed by atoms with van der Waals surface area (Å²) >= 11 is 0. The monoisotopic (exact) mass is 151 g/mol. The first-order valence-electron chi connectivity index (χ1n) is 3.74. The molecule has 0 aromatic heterocycles. The lowest BCUT2D eigenvalue weighted by molar-refractivity contribution is 0.271. The lowest BCUT2D eigenvalue weighted by Gasteiger charge is -2.02. The Balaban J connectivity index is 2.66. The molecule has 1 N–H and O–H groups in total. The number of hydrogen-bond acceptors (Lipinski definition) is 2. The van der Waals surface area contributed by atoms with Gasteiger partial charge >= 0.3 is 0 Å². The summed E-state index contributed by atoms with van der Waals surface area (Å²) in [5.41, 5.74) is 5.09. The average molecular weight is 151 g/mol. The van der Waals surface area contributed by atoms with Gasteiger partial charge in [-0.25, -0.2) is 0 Å². The highest BCUT2D eigenvalue weighted by atomic mass is 16.6. The Morgan fingerprint density at radius 3 is 2.36 bits per heavy atom. The van der Waals surface area contributed by atoms with Crippen molar-refractivity contribution in [2.24, 2.45) is 0 Å². The molecule has 0 aliphatic carbocycles. The third-order valence-electron chi connectivity index (χ3n) is 1.58. The summed E-state index contributed by atoms with van der Waals surface area (Å²) in [5.74, 6) is 0. The Labute approximate surface area is 67.1 Å². The Hall–Kier alpha value is -1.02. The second kappa shape index (κ2) is 3.98. The predicted molar refractivity (Wildman–Crippen MR) is 46.5 cm³/mol. The number of hydrogen-bond donors (Lipinski definition) is 1. The molecule has 0 aliphatic rings. The quantitative estimate of drug-likeness (QED) is 0.669. The zero-order valence-corrected chi connectivity index (χ0v) is 6.92. The normalized spacial score (nSPS) is 9.64. The fourth-order valence-corrected chi connectivity index (χ4v) is 0.926. The van der Waals surface area contributed by atoms with Crippen LogP contribution in [-0.4, -0.2) is 7.11 Å². The molecule has 0 fully saturated rings. The van der Waals surface area contributed by atoms with Crippen LogP contribution in [0.2, 0.25) is 0 Å². The topological polar surface area (TPSA) is 21.3 Å². The number of nitrogens with one attached hydrogen (secondary N) is 1. The van der Waals surface area contributed by atoms with Crippen LogP contribution in [0.15, 0.2) is 24.3 Å². The molecule has 0 atom stereocenters. The summed E-state index contributed by atoms with van der Waals surface area (Å²) in [5, 5.41) is 0. The van der Waals surface area contributed by atoms with E-state index < -0.39 is 0 Å². The smallest absolute Gasteiger partial charge is 0.0636 e. The predicted octanol–water partition coefficient (Wildman–Crippen LogP) is 2.22. The molecule has 0 amide bonds. The van der Waals surface area contributed by atoms with Crippen LogP contribution in [0.3, 0.4) is 0 Å². The molecule has 0 spiro atoms. The van der Waals surface area contributed by atoms with Crippen molar-refractivity contribution in [3.05, 3.63) is 29.8 Å². The van der Waals surface area contributed by atoms with E-state index in [0.29, 0.717) is 0 Å². The summed E-state index contributed by atoms with van der Waals surface area (Å²) in [7, 11) is 1.60. The average Bonchev–Trinajstić information content (AvgIpc) is 2.07. The van der Waals surface area contributed by atoms with Gasteiger partial charge < -0.3 is 0 Å². The molecule has 0 bridgehead atoms. The summed E-state index contributed by atoms with van der Waals surface area (Å²) in [6.07, 6.45) is 1.08. The standard InChI is InChI=1S/C9H13NO/c1-3-8-4-6-9(7-5-8)10-11-2/h4-7,10H,3H2,1-2H3. The molecule has 0 radical (unpaired) electrons. The fourth-order valence-electron chi connectivity index (χ4n) is 0.926. The summed E-state index contributed by atoms with van der Waals surface area (Å²) in [6.45, 7) is 2.14. The summed E-state index contributed by atoms with van der Waals surface area (Å²) < 4.78 is 0. The van der Waals surface area contributed by atoms with Gasteiger partial charge in [0, 0.05) is 0 Å². The Morgan fingerprint density at radius 1 is 1.27 bits per heavy atom. The van der Waals surface area contributed by atoms with Crippen LogP contribution in [0.5, 0.6) is 0 Å². The molecule has 0 heterocycles. The van der Waals surface area contributed by atoms with E-state index >= 15 is 0 Å². The van der Waals surface area contributed by atoms with Crippen LogP contribution in [0, 0.1) is 0 Å². The number of aryl methyl sites for hydroxylation is 1. The van der Waals surface area contributed by atoms with Crippen LogP contribution in [0.25, 0.3) is 0 Å². The molecule has 0 unspecified atom stereocenters. The van der Waals surface area contributed by atoms with E-state index in [0.717, 1.165) is 12.1 Å². The fraction of sp³-hybridized carbons (Fsp3) is 0.333. The Morgan fingerprint density at radius 2 is 1.91 bits per heavy atom. The molecular weight excluding hydrogens is 138 g/mol. The molecule has 0 saturated heterocycles. The molecular formula is C9H13NO. The van der Waals surface area contributed by atoms with Crippen LogP contribution in [0.1, 0.15) is 12.5 Å². The van der Waals surface area contributed by atoms with Gasteiger partial charge in [-0.3, -0.25) is 10.3 Å². The highest BCUT2D eigenvalue weighted by Crippen LogP contribution is 2.08. The van der Waals surface area contributed by atoms with E-state index in [9.17, 15) is 0 Å². The zero-order valence-electron chi connectivity index (χ0n) is 6.92. The number of rotatable bonds is 3. The van der Waals surface area contributed by atoms with Gasteiger partial charge in [0.2, 0.25) is 0 Å². The second-order valence-corrected chi connectivity index (χ2v) is 2.36. The van der Waals surface area contributed by atoms with Crippen LogP contribution >= 0.6 is 0 Å². The van der Waals surface area contributed by atoms with Crippen LogP contribution < -0.4 is 5.48 Å². The SMILES string of the molecule is CCc1ccc(NOC)cc1. The van der Waals surface area contributed by atoms with Crippen molar-refractivity contribution < 1.29 is 4.84 Å². The molecule has 1 aromatic carbocycles. The minimum atomic E-state index is 0.990. The Kier molecular flexibility index (Phi) is 2.93.